The van der Waals surface area contributed by atoms with E-state index in [2.05, 4.69) is 10.5 Å². The third-order valence-electron chi connectivity index (χ3n) is 6.98. The summed E-state index contributed by atoms with van der Waals surface area (Å²) in [7, 11) is -3.85. The molecule has 4 rings (SSSR count). The predicted octanol–water partition coefficient (Wildman–Crippen LogP) is 3.60. The van der Waals surface area contributed by atoms with Crippen LogP contribution in [0.25, 0.3) is 0 Å². The Morgan fingerprint density at radius 2 is 1.88 bits per heavy atom. The first kappa shape index (κ1) is 23.8. The summed E-state index contributed by atoms with van der Waals surface area (Å²) < 4.78 is 61.8. The fourth-order valence-electron chi connectivity index (χ4n) is 5.32. The molecule has 1 unspecified atom stereocenters. The summed E-state index contributed by atoms with van der Waals surface area (Å²) in [5.74, 6) is -1.81. The number of nitrogens with one attached hydrogen (secondary N) is 1. The predicted molar refractivity (Wildman–Crippen MR) is 117 cm³/mol. The van der Waals surface area contributed by atoms with E-state index in [0.29, 0.717) is 32.2 Å². The Labute approximate surface area is 192 Å². The van der Waals surface area contributed by atoms with Crippen LogP contribution in [0.1, 0.15) is 55.5 Å². The summed E-state index contributed by atoms with van der Waals surface area (Å²) >= 11 is 0. The number of hydrogen-bond acceptors (Lipinski definition) is 5. The fourth-order valence-corrected chi connectivity index (χ4v) is 7.13. The van der Waals surface area contributed by atoms with Crippen molar-refractivity contribution in [1.82, 2.24) is 14.8 Å². The number of sulfonamides is 1. The highest BCUT2D eigenvalue weighted by atomic mass is 32.2. The van der Waals surface area contributed by atoms with E-state index in [-0.39, 0.29) is 40.9 Å². The highest BCUT2D eigenvalue weighted by molar-refractivity contribution is 7.89. The third kappa shape index (κ3) is 4.42. The summed E-state index contributed by atoms with van der Waals surface area (Å²) in [5.41, 5.74) is -0.467. The van der Waals surface area contributed by atoms with Crippen molar-refractivity contribution in [2.45, 2.75) is 62.7 Å². The average molecular weight is 482 g/mol. The first-order valence-electron chi connectivity index (χ1n) is 11.3. The van der Waals surface area contributed by atoms with Crippen LogP contribution < -0.4 is 5.32 Å². The van der Waals surface area contributed by atoms with Gasteiger partial charge in [-0.3, -0.25) is 4.79 Å². The maximum atomic E-state index is 14.6. The van der Waals surface area contributed by atoms with Crippen LogP contribution >= 0.6 is 0 Å². The van der Waals surface area contributed by atoms with Gasteiger partial charge in [0.25, 0.3) is 0 Å². The van der Waals surface area contributed by atoms with Gasteiger partial charge in [0, 0.05) is 30.6 Å². The monoisotopic (exact) mass is 481 g/mol. The minimum atomic E-state index is -3.85. The number of piperidine rings is 1. The summed E-state index contributed by atoms with van der Waals surface area (Å²) in [6, 6.07) is 3.84. The van der Waals surface area contributed by atoms with Crippen molar-refractivity contribution < 1.29 is 26.5 Å². The molecule has 180 valence electrons. The number of rotatable bonds is 6. The number of aryl methyl sites for hydroxylation is 2. The third-order valence-corrected chi connectivity index (χ3v) is 9.09. The molecule has 2 fully saturated rings. The molecule has 2 aromatic rings. The molecule has 2 aliphatic rings. The molecule has 1 saturated heterocycles. The van der Waals surface area contributed by atoms with Gasteiger partial charge < -0.3 is 9.84 Å². The van der Waals surface area contributed by atoms with Crippen LogP contribution in [0.5, 0.6) is 0 Å². The second-order valence-electron chi connectivity index (χ2n) is 9.16. The standard InChI is InChI=1S/C23H29F2N3O4S/c1-15-21(16(2)32-27-15)33(30,31)28-12-6-7-17(13-28)22(29)26-14-23(10-3-4-11-23)20-18(24)8-5-9-19(20)25/h5,8-9,17H,3-4,6-7,10-14H2,1-2H3,(H,26,29). The zero-order valence-electron chi connectivity index (χ0n) is 18.9. The normalized spacial score (nSPS) is 21.3. The van der Waals surface area contributed by atoms with E-state index >= 15 is 0 Å². The lowest BCUT2D eigenvalue weighted by atomic mass is 9.78. The Morgan fingerprint density at radius 3 is 2.48 bits per heavy atom. The van der Waals surface area contributed by atoms with E-state index < -0.39 is 33.0 Å². The highest BCUT2D eigenvalue weighted by Gasteiger charge is 2.41. The Balaban J connectivity index is 1.48. The number of carbonyl (C=O) groups excluding carboxylic acids is 1. The maximum Gasteiger partial charge on any atom is 0.248 e. The van der Waals surface area contributed by atoms with Crippen molar-refractivity contribution in [3.8, 4) is 0 Å². The molecular formula is C23H29F2N3O4S. The molecule has 1 atom stereocenters. The molecule has 10 heteroatoms. The molecule has 1 aromatic heterocycles. The zero-order valence-corrected chi connectivity index (χ0v) is 19.7. The van der Waals surface area contributed by atoms with Gasteiger partial charge in [-0.05, 0) is 51.7 Å². The van der Waals surface area contributed by atoms with E-state index in [1.165, 1.54) is 22.5 Å². The van der Waals surface area contributed by atoms with Crippen LogP contribution in [0.15, 0.2) is 27.6 Å². The lowest BCUT2D eigenvalue weighted by molar-refractivity contribution is -0.126. The zero-order chi connectivity index (χ0) is 23.8. The van der Waals surface area contributed by atoms with E-state index in [1.807, 2.05) is 0 Å². The second kappa shape index (κ2) is 9.13. The minimum Gasteiger partial charge on any atom is -0.360 e. The largest absolute Gasteiger partial charge is 0.360 e. The van der Waals surface area contributed by atoms with Crippen LogP contribution in [0.4, 0.5) is 8.78 Å². The van der Waals surface area contributed by atoms with Crippen LogP contribution in [0.3, 0.4) is 0 Å². The molecular weight excluding hydrogens is 452 g/mol. The van der Waals surface area contributed by atoms with Gasteiger partial charge in [-0.15, -0.1) is 0 Å². The van der Waals surface area contributed by atoms with Gasteiger partial charge in [0.05, 0.1) is 5.92 Å². The highest BCUT2D eigenvalue weighted by Crippen LogP contribution is 2.43. The average Bonchev–Trinajstić information content (AvgIpc) is 3.39. The van der Waals surface area contributed by atoms with E-state index in [1.54, 1.807) is 13.8 Å². The molecule has 0 radical (unpaired) electrons. The van der Waals surface area contributed by atoms with Gasteiger partial charge in [-0.25, -0.2) is 17.2 Å². The molecule has 1 saturated carbocycles. The van der Waals surface area contributed by atoms with Crippen molar-refractivity contribution in [1.29, 1.82) is 0 Å². The lowest BCUT2D eigenvalue weighted by Gasteiger charge is -2.34. The van der Waals surface area contributed by atoms with Crippen LogP contribution in [-0.2, 0) is 20.2 Å². The molecule has 1 aliphatic heterocycles. The lowest BCUT2D eigenvalue weighted by Crippen LogP contribution is -2.48. The molecule has 1 N–H and O–H groups in total. The van der Waals surface area contributed by atoms with Crippen molar-refractivity contribution in [3.05, 3.63) is 46.9 Å². The number of benzene rings is 1. The molecule has 2 heterocycles. The summed E-state index contributed by atoms with van der Waals surface area (Å²) in [6.07, 6.45) is 3.91. The smallest absolute Gasteiger partial charge is 0.248 e. The number of nitrogens with zero attached hydrogens (tertiary/aromatic N) is 2. The Hall–Kier alpha value is -2.33. The molecule has 1 aromatic carbocycles. The number of halogens is 2. The number of amides is 1. The first-order chi connectivity index (χ1) is 15.7. The van der Waals surface area contributed by atoms with E-state index in [0.717, 1.165) is 12.8 Å². The van der Waals surface area contributed by atoms with E-state index in [4.69, 9.17) is 4.52 Å². The van der Waals surface area contributed by atoms with Crippen molar-refractivity contribution in [2.24, 2.45) is 5.92 Å². The Kier molecular flexibility index (Phi) is 6.59. The van der Waals surface area contributed by atoms with Gasteiger partial charge in [-0.2, -0.15) is 4.31 Å². The second-order valence-corrected chi connectivity index (χ2v) is 11.0. The quantitative estimate of drug-likeness (QED) is 0.681. The van der Waals surface area contributed by atoms with Crippen LogP contribution in [0, 0.1) is 31.4 Å². The fraction of sp³-hybridized carbons (Fsp3) is 0.565. The van der Waals surface area contributed by atoms with E-state index in [9.17, 15) is 22.0 Å². The number of hydrogen-bond donors (Lipinski definition) is 1. The molecule has 0 spiro atoms. The topological polar surface area (TPSA) is 92.5 Å². The Morgan fingerprint density at radius 1 is 1.21 bits per heavy atom. The van der Waals surface area contributed by atoms with Crippen LogP contribution in [-0.4, -0.2) is 43.4 Å². The number of carbonyl (C=O) groups is 1. The maximum absolute atomic E-state index is 14.6. The molecule has 7 nitrogen and oxygen atoms in total. The molecule has 33 heavy (non-hydrogen) atoms. The summed E-state index contributed by atoms with van der Waals surface area (Å²) in [5, 5.41) is 6.63. The van der Waals surface area contributed by atoms with Crippen molar-refractivity contribution in [2.75, 3.05) is 19.6 Å². The summed E-state index contributed by atoms with van der Waals surface area (Å²) in [6.45, 7) is 3.58. The van der Waals surface area contributed by atoms with Crippen molar-refractivity contribution >= 4 is 15.9 Å². The molecule has 0 bridgehead atoms. The SMILES string of the molecule is Cc1noc(C)c1S(=O)(=O)N1CCCC(C(=O)NCC2(c3c(F)cccc3F)CCCC2)C1. The van der Waals surface area contributed by atoms with Gasteiger partial charge in [0.2, 0.25) is 15.9 Å². The molecule has 1 amide bonds. The van der Waals surface area contributed by atoms with Gasteiger partial charge >= 0.3 is 0 Å². The Bertz CT molecular complexity index is 1100. The van der Waals surface area contributed by atoms with Crippen LogP contribution in [0.2, 0.25) is 0 Å². The number of aromatic nitrogens is 1. The van der Waals surface area contributed by atoms with Gasteiger partial charge in [0.15, 0.2) is 5.76 Å². The van der Waals surface area contributed by atoms with Crippen molar-refractivity contribution in [3.63, 3.8) is 0 Å². The minimum absolute atomic E-state index is 0.0362. The first-order valence-corrected chi connectivity index (χ1v) is 12.7. The summed E-state index contributed by atoms with van der Waals surface area (Å²) in [4.78, 5) is 13.1. The van der Waals surface area contributed by atoms with Gasteiger partial charge in [0.1, 0.15) is 22.2 Å². The van der Waals surface area contributed by atoms with Gasteiger partial charge in [-0.1, -0.05) is 24.1 Å². The molecule has 1 aliphatic carbocycles.